The summed E-state index contributed by atoms with van der Waals surface area (Å²) in [4.78, 5) is 12.0. The highest BCUT2D eigenvalue weighted by molar-refractivity contribution is 6.02. The largest absolute Gasteiger partial charge is 0.461 e. The average Bonchev–Trinajstić information content (AvgIpc) is 2.78. The van der Waals surface area contributed by atoms with E-state index in [1.54, 1.807) is 19.1 Å². The summed E-state index contributed by atoms with van der Waals surface area (Å²) in [5.74, 6) is -0.843. The maximum Gasteiger partial charge on any atom is 0.182 e. The Morgan fingerprint density at radius 1 is 1.47 bits per heavy atom. The van der Waals surface area contributed by atoms with E-state index in [2.05, 4.69) is 5.32 Å². The van der Waals surface area contributed by atoms with Crippen molar-refractivity contribution in [3.63, 3.8) is 0 Å². The van der Waals surface area contributed by atoms with Gasteiger partial charge in [0.25, 0.3) is 0 Å². The van der Waals surface area contributed by atoms with E-state index in [4.69, 9.17) is 4.42 Å². The third-order valence-corrected chi connectivity index (χ3v) is 2.73. The van der Waals surface area contributed by atoms with Crippen molar-refractivity contribution in [2.45, 2.75) is 19.9 Å². The lowest BCUT2D eigenvalue weighted by Gasteiger charge is -2.11. The summed E-state index contributed by atoms with van der Waals surface area (Å²) >= 11 is 0. The number of halogens is 1. The first-order chi connectivity index (χ1) is 8.15. The highest BCUT2D eigenvalue weighted by atomic mass is 19.1. The van der Waals surface area contributed by atoms with Crippen molar-refractivity contribution in [1.82, 2.24) is 5.32 Å². The topological polar surface area (TPSA) is 42.2 Å². The van der Waals surface area contributed by atoms with E-state index < -0.39 is 11.9 Å². The Bertz CT molecular complexity index is 547. The Labute approximate surface area is 98.6 Å². The van der Waals surface area contributed by atoms with Crippen LogP contribution < -0.4 is 5.32 Å². The molecule has 1 aromatic heterocycles. The van der Waals surface area contributed by atoms with Gasteiger partial charge in [0.2, 0.25) is 0 Å². The van der Waals surface area contributed by atoms with E-state index in [1.165, 1.54) is 12.3 Å². The molecule has 0 aliphatic rings. The number of hydrogen-bond donors (Lipinski definition) is 1. The van der Waals surface area contributed by atoms with Gasteiger partial charge in [-0.3, -0.25) is 4.79 Å². The normalized spacial score (nSPS) is 12.9. The molecule has 17 heavy (non-hydrogen) atoms. The van der Waals surface area contributed by atoms with Gasteiger partial charge >= 0.3 is 0 Å². The number of benzene rings is 1. The lowest BCUT2D eigenvalue weighted by molar-refractivity contribution is 0.0948. The van der Waals surface area contributed by atoms with Gasteiger partial charge in [-0.25, -0.2) is 4.39 Å². The van der Waals surface area contributed by atoms with Crippen molar-refractivity contribution >= 4 is 16.8 Å². The molecule has 0 bridgehead atoms. The quantitative estimate of drug-likeness (QED) is 0.828. The Morgan fingerprint density at radius 2 is 2.24 bits per heavy atom. The van der Waals surface area contributed by atoms with Crippen molar-refractivity contribution in [2.24, 2.45) is 0 Å². The fourth-order valence-electron chi connectivity index (χ4n) is 1.82. The molecular formula is C13H14FNO2. The maximum atomic E-state index is 14.0. The number of furan rings is 1. The van der Waals surface area contributed by atoms with E-state index in [1.807, 2.05) is 6.92 Å². The van der Waals surface area contributed by atoms with Crippen LogP contribution in [-0.4, -0.2) is 18.4 Å². The van der Waals surface area contributed by atoms with Crippen molar-refractivity contribution in [3.8, 4) is 0 Å². The van der Waals surface area contributed by atoms with Crippen LogP contribution in [0.15, 0.2) is 28.9 Å². The lowest BCUT2D eigenvalue weighted by atomic mass is 10.0. The second-order valence-electron chi connectivity index (χ2n) is 3.91. The molecule has 0 saturated heterocycles. The smallest absolute Gasteiger partial charge is 0.182 e. The van der Waals surface area contributed by atoms with Gasteiger partial charge in [-0.15, -0.1) is 0 Å². The van der Waals surface area contributed by atoms with Crippen LogP contribution in [0.2, 0.25) is 0 Å². The predicted octanol–water partition coefficient (Wildman–Crippen LogP) is 2.75. The number of ketones is 1. The fraction of sp³-hybridized carbons (Fsp3) is 0.308. The molecule has 4 heteroatoms. The first-order valence-corrected chi connectivity index (χ1v) is 5.58. The Hall–Kier alpha value is -1.68. The van der Waals surface area contributed by atoms with E-state index in [-0.39, 0.29) is 16.9 Å². The van der Waals surface area contributed by atoms with E-state index in [0.717, 1.165) is 0 Å². The molecule has 0 aliphatic heterocycles. The van der Waals surface area contributed by atoms with Gasteiger partial charge < -0.3 is 9.73 Å². The molecule has 90 valence electrons. The molecule has 0 saturated carbocycles. The van der Waals surface area contributed by atoms with Crippen LogP contribution in [0, 0.1) is 5.82 Å². The zero-order valence-corrected chi connectivity index (χ0v) is 9.79. The summed E-state index contributed by atoms with van der Waals surface area (Å²) in [6, 6.07) is 4.46. The Kier molecular flexibility index (Phi) is 3.24. The molecule has 0 spiro atoms. The van der Waals surface area contributed by atoms with Crippen LogP contribution in [0.5, 0.6) is 0 Å². The third-order valence-electron chi connectivity index (χ3n) is 2.73. The summed E-state index contributed by atoms with van der Waals surface area (Å²) in [6.45, 7) is 4.28. The van der Waals surface area contributed by atoms with Crippen LogP contribution in [0.1, 0.15) is 24.2 Å². The standard InChI is InChI=1S/C13H14FNO2/c1-3-15-8(2)12(16)10-5-4-9-6-7-17-13(9)11(10)14/h4-8,15H,3H2,1-2H3. The minimum absolute atomic E-state index is 0.0703. The number of Topliss-reactive ketones (excluding diaryl/α,β-unsaturated/α-hetero) is 1. The molecule has 1 N–H and O–H groups in total. The number of nitrogens with one attached hydrogen (secondary N) is 1. The second-order valence-corrected chi connectivity index (χ2v) is 3.91. The molecule has 0 radical (unpaired) electrons. The number of likely N-dealkylation sites (N-methyl/N-ethyl adjacent to an activating group) is 1. The van der Waals surface area contributed by atoms with Crippen LogP contribution >= 0.6 is 0 Å². The molecule has 2 aromatic rings. The second kappa shape index (κ2) is 4.67. The molecule has 2 rings (SSSR count). The fourth-order valence-corrected chi connectivity index (χ4v) is 1.82. The van der Waals surface area contributed by atoms with E-state index in [0.29, 0.717) is 11.9 Å². The SMILES string of the molecule is CCNC(C)C(=O)c1ccc2ccoc2c1F. The van der Waals surface area contributed by atoms with Crippen molar-refractivity contribution in [3.05, 3.63) is 35.8 Å². The van der Waals surface area contributed by atoms with Gasteiger partial charge in [0.1, 0.15) is 0 Å². The van der Waals surface area contributed by atoms with Crippen molar-refractivity contribution < 1.29 is 13.6 Å². The van der Waals surface area contributed by atoms with Gasteiger partial charge in [-0.05, 0) is 25.6 Å². The van der Waals surface area contributed by atoms with Crippen LogP contribution in [0.4, 0.5) is 4.39 Å². The molecular weight excluding hydrogens is 221 g/mol. The molecule has 1 heterocycles. The zero-order valence-electron chi connectivity index (χ0n) is 9.79. The Morgan fingerprint density at radius 3 is 2.94 bits per heavy atom. The first-order valence-electron chi connectivity index (χ1n) is 5.58. The van der Waals surface area contributed by atoms with E-state index >= 15 is 0 Å². The first kappa shape index (κ1) is 11.8. The number of fused-ring (bicyclic) bond motifs is 1. The molecule has 3 nitrogen and oxygen atoms in total. The number of carbonyl (C=O) groups excluding carboxylic acids is 1. The van der Waals surface area contributed by atoms with Gasteiger partial charge in [-0.2, -0.15) is 0 Å². The highest BCUT2D eigenvalue weighted by Gasteiger charge is 2.20. The van der Waals surface area contributed by atoms with Gasteiger partial charge in [0.15, 0.2) is 17.2 Å². The van der Waals surface area contributed by atoms with Crippen molar-refractivity contribution in [1.29, 1.82) is 0 Å². The maximum absolute atomic E-state index is 14.0. The molecule has 1 aromatic carbocycles. The van der Waals surface area contributed by atoms with E-state index in [9.17, 15) is 9.18 Å². The summed E-state index contributed by atoms with van der Waals surface area (Å²) in [5, 5.41) is 3.63. The third kappa shape index (κ3) is 2.08. The van der Waals surface area contributed by atoms with Crippen LogP contribution in [-0.2, 0) is 0 Å². The monoisotopic (exact) mass is 235 g/mol. The Balaban J connectivity index is 2.41. The number of hydrogen-bond acceptors (Lipinski definition) is 3. The summed E-state index contributed by atoms with van der Waals surface area (Å²) < 4.78 is 19.0. The van der Waals surface area contributed by atoms with Crippen molar-refractivity contribution in [2.75, 3.05) is 6.54 Å². The summed E-state index contributed by atoms with van der Waals surface area (Å²) in [5.41, 5.74) is 0.209. The minimum atomic E-state index is -0.581. The van der Waals surface area contributed by atoms with Crippen LogP contribution in [0.3, 0.4) is 0 Å². The lowest BCUT2D eigenvalue weighted by Crippen LogP contribution is -2.34. The summed E-state index contributed by atoms with van der Waals surface area (Å²) in [7, 11) is 0. The average molecular weight is 235 g/mol. The number of rotatable bonds is 4. The van der Waals surface area contributed by atoms with Crippen LogP contribution in [0.25, 0.3) is 11.0 Å². The van der Waals surface area contributed by atoms with Gasteiger partial charge in [0.05, 0.1) is 17.9 Å². The molecule has 1 atom stereocenters. The highest BCUT2D eigenvalue weighted by Crippen LogP contribution is 2.22. The molecule has 0 amide bonds. The van der Waals surface area contributed by atoms with Gasteiger partial charge in [-0.1, -0.05) is 13.0 Å². The zero-order chi connectivity index (χ0) is 12.4. The molecule has 1 unspecified atom stereocenters. The minimum Gasteiger partial charge on any atom is -0.461 e. The van der Waals surface area contributed by atoms with Gasteiger partial charge in [0, 0.05) is 5.39 Å². The molecule has 0 aliphatic carbocycles. The molecule has 0 fully saturated rings. The predicted molar refractivity (Wildman–Crippen MR) is 63.6 cm³/mol. The number of carbonyl (C=O) groups is 1. The summed E-state index contributed by atoms with van der Waals surface area (Å²) in [6.07, 6.45) is 1.41.